The maximum absolute atomic E-state index is 13.8. The molecule has 11 heteroatoms. The number of hydrogen-bond acceptors (Lipinski definition) is 7. The molecule has 1 fully saturated rings. The smallest absolute Gasteiger partial charge is 0.293 e. The monoisotopic (exact) mass is 463 g/mol. The number of imide groups is 1. The zero-order valence-electron chi connectivity index (χ0n) is 17.3. The van der Waals surface area contributed by atoms with Gasteiger partial charge in [0, 0.05) is 31.6 Å². The van der Waals surface area contributed by atoms with Crippen LogP contribution in [0.15, 0.2) is 34.3 Å². The van der Waals surface area contributed by atoms with E-state index in [1.54, 1.807) is 12.1 Å². The molecule has 0 unspecified atom stereocenters. The molecule has 0 spiro atoms. The van der Waals surface area contributed by atoms with Gasteiger partial charge in [-0.05, 0) is 23.9 Å². The number of rotatable bonds is 8. The molecule has 1 saturated heterocycles. The normalized spacial score (nSPS) is 15.4. The second kappa shape index (κ2) is 10.1. The van der Waals surface area contributed by atoms with E-state index in [-0.39, 0.29) is 41.1 Å². The summed E-state index contributed by atoms with van der Waals surface area (Å²) in [4.78, 5) is 37.9. The lowest BCUT2D eigenvalue weighted by Gasteiger charge is -2.13. The summed E-state index contributed by atoms with van der Waals surface area (Å²) < 4.78 is 15.6. The van der Waals surface area contributed by atoms with E-state index in [9.17, 15) is 18.8 Å². The zero-order valence-corrected chi connectivity index (χ0v) is 18.9. The third-order valence-corrected chi connectivity index (χ3v) is 6.37. The van der Waals surface area contributed by atoms with Crippen molar-refractivity contribution in [2.75, 3.05) is 18.8 Å². The van der Waals surface area contributed by atoms with Gasteiger partial charge in [-0.25, -0.2) is 4.39 Å². The van der Waals surface area contributed by atoms with Crippen LogP contribution in [0.1, 0.15) is 31.2 Å². The number of benzene rings is 1. The molecule has 0 atom stereocenters. The number of amides is 3. The van der Waals surface area contributed by atoms with E-state index in [2.05, 4.69) is 15.5 Å². The highest BCUT2D eigenvalue weighted by molar-refractivity contribution is 8.18. The quantitative estimate of drug-likeness (QED) is 0.475. The van der Waals surface area contributed by atoms with E-state index >= 15 is 0 Å². The SMILES string of the molecule is CC(C)c1nnc(SCC(=O)NCCN2C(=O)S/C(=C\c3ccccc3F)C2=O)n1C. The van der Waals surface area contributed by atoms with Crippen LogP contribution in [0.2, 0.25) is 0 Å². The molecule has 2 aromatic rings. The van der Waals surface area contributed by atoms with Crippen LogP contribution in [0.25, 0.3) is 6.08 Å². The number of carbonyl (C=O) groups excluding carboxylic acids is 3. The fourth-order valence-corrected chi connectivity index (χ4v) is 4.47. The van der Waals surface area contributed by atoms with Crippen molar-refractivity contribution < 1.29 is 18.8 Å². The molecular formula is C20H22FN5O3S2. The van der Waals surface area contributed by atoms with Crippen molar-refractivity contribution >= 4 is 46.7 Å². The Bertz CT molecular complexity index is 1040. The molecule has 0 aliphatic carbocycles. The molecule has 8 nitrogen and oxygen atoms in total. The first-order chi connectivity index (χ1) is 14.8. The van der Waals surface area contributed by atoms with E-state index in [1.165, 1.54) is 30.0 Å². The van der Waals surface area contributed by atoms with Gasteiger partial charge in [0.2, 0.25) is 5.91 Å². The van der Waals surface area contributed by atoms with Crippen molar-refractivity contribution in [3.8, 4) is 0 Å². The first kappa shape index (κ1) is 23.0. The Balaban J connectivity index is 1.49. The first-order valence-corrected chi connectivity index (χ1v) is 11.4. The molecule has 0 bridgehead atoms. The number of nitrogens with one attached hydrogen (secondary N) is 1. The van der Waals surface area contributed by atoms with Crippen molar-refractivity contribution in [2.45, 2.75) is 24.9 Å². The Morgan fingerprint density at radius 1 is 1.29 bits per heavy atom. The topological polar surface area (TPSA) is 97.2 Å². The van der Waals surface area contributed by atoms with Crippen LogP contribution in [-0.2, 0) is 16.6 Å². The lowest BCUT2D eigenvalue weighted by Crippen LogP contribution is -2.37. The highest BCUT2D eigenvalue weighted by atomic mass is 32.2. The molecule has 1 aromatic carbocycles. The molecule has 31 heavy (non-hydrogen) atoms. The molecule has 0 radical (unpaired) electrons. The Morgan fingerprint density at radius 2 is 2.03 bits per heavy atom. The predicted molar refractivity (Wildman–Crippen MR) is 118 cm³/mol. The Morgan fingerprint density at radius 3 is 2.71 bits per heavy atom. The standard InChI is InChI=1S/C20H22FN5O3S2/c1-12(2)17-23-24-19(25(17)3)30-11-16(27)22-8-9-26-18(28)15(31-20(26)29)10-13-6-4-5-7-14(13)21/h4-7,10,12H,8-9,11H2,1-3H3,(H,22,27)/b15-10-. The molecule has 2 heterocycles. The van der Waals surface area contributed by atoms with Crippen LogP contribution >= 0.6 is 23.5 Å². The van der Waals surface area contributed by atoms with Crippen molar-refractivity contribution in [3.63, 3.8) is 0 Å². The molecule has 1 aliphatic rings. The summed E-state index contributed by atoms with van der Waals surface area (Å²) in [6.45, 7) is 4.19. The summed E-state index contributed by atoms with van der Waals surface area (Å²) in [6.07, 6.45) is 1.36. The lowest BCUT2D eigenvalue weighted by atomic mass is 10.2. The fraction of sp³-hybridized carbons (Fsp3) is 0.350. The third kappa shape index (κ3) is 5.53. The molecule has 1 aliphatic heterocycles. The average molecular weight is 464 g/mol. The van der Waals surface area contributed by atoms with Gasteiger partial charge in [0.25, 0.3) is 11.1 Å². The maximum atomic E-state index is 13.8. The number of nitrogens with zero attached hydrogens (tertiary/aromatic N) is 4. The van der Waals surface area contributed by atoms with Crippen LogP contribution in [0.3, 0.4) is 0 Å². The van der Waals surface area contributed by atoms with Crippen molar-refractivity contribution in [1.29, 1.82) is 0 Å². The summed E-state index contributed by atoms with van der Waals surface area (Å²) in [5.41, 5.74) is 0.239. The van der Waals surface area contributed by atoms with Crippen LogP contribution < -0.4 is 5.32 Å². The van der Waals surface area contributed by atoms with Crippen molar-refractivity contribution in [2.24, 2.45) is 7.05 Å². The largest absolute Gasteiger partial charge is 0.354 e. The van der Waals surface area contributed by atoms with Crippen molar-refractivity contribution in [1.82, 2.24) is 25.0 Å². The Kier molecular flexibility index (Phi) is 7.50. The first-order valence-electron chi connectivity index (χ1n) is 9.56. The Labute approximate surface area is 187 Å². The molecular weight excluding hydrogens is 441 g/mol. The summed E-state index contributed by atoms with van der Waals surface area (Å²) >= 11 is 2.02. The molecule has 1 N–H and O–H groups in total. The minimum absolute atomic E-state index is 0.0388. The molecule has 1 aromatic heterocycles. The number of thioether (sulfide) groups is 2. The predicted octanol–water partition coefficient (Wildman–Crippen LogP) is 3.02. The second-order valence-electron chi connectivity index (χ2n) is 7.05. The van der Waals surface area contributed by atoms with Gasteiger partial charge in [0.1, 0.15) is 11.6 Å². The minimum atomic E-state index is -0.498. The van der Waals surface area contributed by atoms with Gasteiger partial charge < -0.3 is 9.88 Å². The maximum Gasteiger partial charge on any atom is 0.293 e. The third-order valence-electron chi connectivity index (χ3n) is 4.44. The van der Waals surface area contributed by atoms with E-state index < -0.39 is 17.0 Å². The van der Waals surface area contributed by atoms with E-state index in [1.807, 2.05) is 25.5 Å². The van der Waals surface area contributed by atoms with Gasteiger partial charge in [-0.15, -0.1) is 10.2 Å². The van der Waals surface area contributed by atoms with Gasteiger partial charge in [-0.3, -0.25) is 19.3 Å². The number of aromatic nitrogens is 3. The molecule has 3 rings (SSSR count). The number of carbonyl (C=O) groups is 3. The summed E-state index contributed by atoms with van der Waals surface area (Å²) in [6, 6.07) is 6.01. The van der Waals surface area contributed by atoms with E-state index in [0.29, 0.717) is 5.16 Å². The van der Waals surface area contributed by atoms with E-state index in [0.717, 1.165) is 22.5 Å². The zero-order chi connectivity index (χ0) is 22.5. The van der Waals surface area contributed by atoms with Gasteiger partial charge >= 0.3 is 0 Å². The molecule has 0 saturated carbocycles. The van der Waals surface area contributed by atoms with E-state index in [4.69, 9.17) is 0 Å². The second-order valence-corrected chi connectivity index (χ2v) is 8.98. The lowest BCUT2D eigenvalue weighted by molar-refractivity contribution is -0.123. The van der Waals surface area contributed by atoms with Gasteiger partial charge in [-0.2, -0.15) is 0 Å². The van der Waals surface area contributed by atoms with Gasteiger partial charge in [0.05, 0.1) is 10.7 Å². The summed E-state index contributed by atoms with van der Waals surface area (Å²) in [7, 11) is 1.85. The minimum Gasteiger partial charge on any atom is -0.354 e. The van der Waals surface area contributed by atoms with Gasteiger partial charge in [-0.1, -0.05) is 43.8 Å². The summed E-state index contributed by atoms with van der Waals surface area (Å²) in [5, 5.41) is 11.1. The summed E-state index contributed by atoms with van der Waals surface area (Å²) in [5.74, 6) is -0.00571. The average Bonchev–Trinajstić information content (AvgIpc) is 3.22. The van der Waals surface area contributed by atoms with Crippen LogP contribution in [-0.4, -0.2) is 55.6 Å². The van der Waals surface area contributed by atoms with Gasteiger partial charge in [0.15, 0.2) is 5.16 Å². The van der Waals surface area contributed by atoms with Crippen LogP contribution in [0.4, 0.5) is 9.18 Å². The molecule has 164 valence electrons. The molecule has 3 amide bonds. The highest BCUT2D eigenvalue weighted by Gasteiger charge is 2.34. The number of halogens is 1. The van der Waals surface area contributed by atoms with Crippen molar-refractivity contribution in [3.05, 3.63) is 46.4 Å². The Hall–Kier alpha value is -2.66. The fourth-order valence-electron chi connectivity index (χ4n) is 2.87. The van der Waals surface area contributed by atoms with Crippen LogP contribution in [0, 0.1) is 5.82 Å². The number of hydrogen-bond donors (Lipinski definition) is 1. The highest BCUT2D eigenvalue weighted by Crippen LogP contribution is 2.32. The van der Waals surface area contributed by atoms with Crippen LogP contribution in [0.5, 0.6) is 0 Å².